The van der Waals surface area contributed by atoms with Crippen molar-refractivity contribution in [1.29, 1.82) is 0 Å². The summed E-state index contributed by atoms with van der Waals surface area (Å²) in [4.78, 5) is 0. The molecule has 0 saturated heterocycles. The zero-order valence-electron chi connectivity index (χ0n) is 10.9. The first-order valence-electron chi connectivity index (χ1n) is 6.71. The molecule has 0 spiro atoms. The first kappa shape index (κ1) is 12.6. The Hall–Kier alpha value is -0.860. The van der Waals surface area contributed by atoms with E-state index in [-0.39, 0.29) is 6.61 Å². The van der Waals surface area contributed by atoms with Crippen molar-refractivity contribution in [1.82, 2.24) is 5.32 Å². The lowest BCUT2D eigenvalue weighted by Gasteiger charge is -2.22. The lowest BCUT2D eigenvalue weighted by atomic mass is 10.0. The summed E-state index contributed by atoms with van der Waals surface area (Å²) in [6, 6.07) is 7.70. The third-order valence-corrected chi connectivity index (χ3v) is 3.79. The molecule has 2 unspecified atom stereocenters. The summed E-state index contributed by atoms with van der Waals surface area (Å²) in [5, 5.41) is 12.7. The Morgan fingerprint density at radius 2 is 2.29 bits per heavy atom. The van der Waals surface area contributed by atoms with E-state index in [1.165, 1.54) is 29.5 Å². The maximum atomic E-state index is 9.04. The second-order valence-corrected chi connectivity index (χ2v) is 5.08. The molecule has 17 heavy (non-hydrogen) atoms. The van der Waals surface area contributed by atoms with E-state index in [0.29, 0.717) is 12.1 Å². The van der Waals surface area contributed by atoms with Crippen molar-refractivity contribution in [3.8, 4) is 0 Å². The van der Waals surface area contributed by atoms with Crippen LogP contribution in [0.25, 0.3) is 0 Å². The fourth-order valence-corrected chi connectivity index (χ4v) is 2.74. The molecule has 0 aromatic heterocycles. The van der Waals surface area contributed by atoms with Crippen molar-refractivity contribution in [2.45, 2.75) is 51.6 Å². The molecular formula is C15H23NO. The SMILES string of the molecule is CCC(CCO)NC1CCc2ccc(C)cc21. The lowest BCUT2D eigenvalue weighted by molar-refractivity contribution is 0.255. The summed E-state index contributed by atoms with van der Waals surface area (Å²) in [5.41, 5.74) is 4.31. The first-order chi connectivity index (χ1) is 8.24. The Balaban J connectivity index is 2.08. The third kappa shape index (κ3) is 2.88. The second-order valence-electron chi connectivity index (χ2n) is 5.08. The van der Waals surface area contributed by atoms with Crippen LogP contribution < -0.4 is 5.32 Å². The van der Waals surface area contributed by atoms with Gasteiger partial charge in [-0.2, -0.15) is 0 Å². The first-order valence-corrected chi connectivity index (χ1v) is 6.71. The highest BCUT2D eigenvalue weighted by Gasteiger charge is 2.23. The summed E-state index contributed by atoms with van der Waals surface area (Å²) in [6.45, 7) is 4.61. The minimum atomic E-state index is 0.277. The standard InChI is InChI=1S/C15H23NO/c1-3-13(8-9-17)16-15-7-6-12-5-4-11(2)10-14(12)15/h4-5,10,13,15-17H,3,6-9H2,1-2H3. The average molecular weight is 233 g/mol. The number of benzene rings is 1. The van der Waals surface area contributed by atoms with Crippen molar-refractivity contribution in [3.05, 3.63) is 34.9 Å². The van der Waals surface area contributed by atoms with Crippen LogP contribution in [-0.2, 0) is 6.42 Å². The molecule has 1 aromatic rings. The molecule has 0 fully saturated rings. The molecule has 0 saturated carbocycles. The zero-order valence-corrected chi connectivity index (χ0v) is 10.9. The fraction of sp³-hybridized carbons (Fsp3) is 0.600. The van der Waals surface area contributed by atoms with E-state index in [2.05, 4.69) is 37.4 Å². The minimum Gasteiger partial charge on any atom is -0.396 e. The topological polar surface area (TPSA) is 32.3 Å². The van der Waals surface area contributed by atoms with E-state index in [0.717, 1.165) is 12.8 Å². The van der Waals surface area contributed by atoms with Crippen LogP contribution in [0.5, 0.6) is 0 Å². The van der Waals surface area contributed by atoms with Gasteiger partial charge in [0.15, 0.2) is 0 Å². The maximum Gasteiger partial charge on any atom is 0.0445 e. The van der Waals surface area contributed by atoms with Crippen molar-refractivity contribution >= 4 is 0 Å². The van der Waals surface area contributed by atoms with Crippen molar-refractivity contribution < 1.29 is 5.11 Å². The van der Waals surface area contributed by atoms with Crippen LogP contribution in [-0.4, -0.2) is 17.8 Å². The van der Waals surface area contributed by atoms with E-state index >= 15 is 0 Å². The molecule has 0 aliphatic heterocycles. The third-order valence-electron chi connectivity index (χ3n) is 3.79. The summed E-state index contributed by atoms with van der Waals surface area (Å²) in [7, 11) is 0. The maximum absolute atomic E-state index is 9.04. The van der Waals surface area contributed by atoms with Gasteiger partial charge in [0.25, 0.3) is 0 Å². The summed E-state index contributed by atoms with van der Waals surface area (Å²) in [5.74, 6) is 0. The Labute approximate surface area is 104 Å². The Morgan fingerprint density at radius 3 is 3.00 bits per heavy atom. The van der Waals surface area contributed by atoms with Crippen molar-refractivity contribution in [2.24, 2.45) is 0 Å². The smallest absolute Gasteiger partial charge is 0.0445 e. The van der Waals surface area contributed by atoms with Gasteiger partial charge in [-0.05, 0) is 43.7 Å². The number of nitrogens with one attached hydrogen (secondary N) is 1. The molecule has 0 amide bonds. The molecular weight excluding hydrogens is 210 g/mol. The monoisotopic (exact) mass is 233 g/mol. The van der Waals surface area contributed by atoms with Crippen LogP contribution in [0.1, 0.15) is 48.9 Å². The van der Waals surface area contributed by atoms with Gasteiger partial charge >= 0.3 is 0 Å². The van der Waals surface area contributed by atoms with Crippen LogP contribution >= 0.6 is 0 Å². The zero-order chi connectivity index (χ0) is 12.3. The molecule has 0 radical (unpaired) electrons. The molecule has 2 nitrogen and oxygen atoms in total. The van der Waals surface area contributed by atoms with Gasteiger partial charge in [0.1, 0.15) is 0 Å². The normalized spacial score (nSPS) is 20.3. The summed E-state index contributed by atoms with van der Waals surface area (Å²) < 4.78 is 0. The largest absolute Gasteiger partial charge is 0.396 e. The fourth-order valence-electron chi connectivity index (χ4n) is 2.74. The molecule has 1 aliphatic carbocycles. The van der Waals surface area contributed by atoms with Crippen molar-refractivity contribution in [3.63, 3.8) is 0 Å². The van der Waals surface area contributed by atoms with E-state index < -0.39 is 0 Å². The van der Waals surface area contributed by atoms with Gasteiger partial charge < -0.3 is 10.4 Å². The highest BCUT2D eigenvalue weighted by molar-refractivity contribution is 5.37. The van der Waals surface area contributed by atoms with Gasteiger partial charge in [0.2, 0.25) is 0 Å². The van der Waals surface area contributed by atoms with E-state index in [1.54, 1.807) is 0 Å². The molecule has 1 aliphatic rings. The van der Waals surface area contributed by atoms with E-state index in [4.69, 9.17) is 5.11 Å². The van der Waals surface area contributed by atoms with Crippen LogP contribution in [0.3, 0.4) is 0 Å². The predicted molar refractivity (Wildman–Crippen MR) is 71.2 cm³/mol. The average Bonchev–Trinajstić information content (AvgIpc) is 2.71. The number of fused-ring (bicyclic) bond motifs is 1. The van der Waals surface area contributed by atoms with Gasteiger partial charge in [-0.15, -0.1) is 0 Å². The van der Waals surface area contributed by atoms with Gasteiger partial charge in [-0.25, -0.2) is 0 Å². The van der Waals surface area contributed by atoms with Crippen molar-refractivity contribution in [2.75, 3.05) is 6.61 Å². The molecule has 2 heteroatoms. The Kier molecular flexibility index (Phi) is 4.19. The number of rotatable bonds is 5. The second kappa shape index (κ2) is 5.65. The molecule has 2 N–H and O–H groups in total. The summed E-state index contributed by atoms with van der Waals surface area (Å²) >= 11 is 0. The Bertz CT molecular complexity index is 375. The predicted octanol–water partition coefficient (Wildman–Crippen LogP) is 2.73. The number of hydrogen-bond donors (Lipinski definition) is 2. The number of aryl methyl sites for hydroxylation is 2. The quantitative estimate of drug-likeness (QED) is 0.819. The van der Waals surface area contributed by atoms with Crippen LogP contribution in [0.15, 0.2) is 18.2 Å². The van der Waals surface area contributed by atoms with Crippen LogP contribution in [0, 0.1) is 6.92 Å². The Morgan fingerprint density at radius 1 is 1.47 bits per heavy atom. The van der Waals surface area contributed by atoms with E-state index in [1.807, 2.05) is 0 Å². The number of aliphatic hydroxyl groups excluding tert-OH is 1. The highest BCUT2D eigenvalue weighted by Crippen LogP contribution is 2.32. The molecule has 0 heterocycles. The molecule has 2 atom stereocenters. The molecule has 0 bridgehead atoms. The van der Waals surface area contributed by atoms with Crippen LogP contribution in [0.4, 0.5) is 0 Å². The number of aliphatic hydroxyl groups is 1. The molecule has 2 rings (SSSR count). The van der Waals surface area contributed by atoms with Crippen LogP contribution in [0.2, 0.25) is 0 Å². The molecule has 94 valence electrons. The van der Waals surface area contributed by atoms with Gasteiger partial charge in [-0.1, -0.05) is 30.7 Å². The number of hydrogen-bond acceptors (Lipinski definition) is 2. The lowest BCUT2D eigenvalue weighted by Crippen LogP contribution is -2.32. The molecule has 1 aromatic carbocycles. The highest BCUT2D eigenvalue weighted by atomic mass is 16.3. The van der Waals surface area contributed by atoms with Gasteiger partial charge in [0.05, 0.1) is 0 Å². The van der Waals surface area contributed by atoms with Gasteiger partial charge in [-0.3, -0.25) is 0 Å². The minimum absolute atomic E-state index is 0.277. The van der Waals surface area contributed by atoms with Gasteiger partial charge in [0, 0.05) is 18.7 Å². The van der Waals surface area contributed by atoms with E-state index in [9.17, 15) is 0 Å². The summed E-state index contributed by atoms with van der Waals surface area (Å²) in [6.07, 6.45) is 4.32.